The Hall–Kier alpha value is -3.15. The molecule has 2 aromatic carbocycles. The lowest BCUT2D eigenvalue weighted by molar-refractivity contribution is 0.0978. The number of H-pyrrole nitrogens is 1. The van der Waals surface area contributed by atoms with Gasteiger partial charge in [-0.1, -0.05) is 19.1 Å². The maximum absolute atomic E-state index is 13.3. The van der Waals surface area contributed by atoms with E-state index in [4.69, 9.17) is 0 Å². The molecule has 0 spiro atoms. The minimum absolute atomic E-state index is 0.0438. The number of hydrogen-bond acceptors (Lipinski definition) is 4. The first-order valence-corrected chi connectivity index (χ1v) is 11.4. The lowest BCUT2D eigenvalue weighted by atomic mass is 9.96. The molecule has 3 aromatic rings. The van der Waals surface area contributed by atoms with Crippen LogP contribution in [0, 0.1) is 0 Å². The fraction of sp³-hybridized carbons (Fsp3) is 0.400. The fourth-order valence-electron chi connectivity index (χ4n) is 5.08. The number of nitrogens with one attached hydrogen (secondary N) is 1. The number of fused-ring (bicyclic) bond motifs is 2. The first-order chi connectivity index (χ1) is 15.2. The molecule has 2 aliphatic rings. The molecule has 1 N–H and O–H groups in total. The second-order valence-electron chi connectivity index (χ2n) is 8.57. The van der Waals surface area contributed by atoms with E-state index in [9.17, 15) is 9.59 Å². The number of rotatable bonds is 3. The van der Waals surface area contributed by atoms with Crippen molar-refractivity contribution < 1.29 is 4.79 Å². The van der Waals surface area contributed by atoms with Gasteiger partial charge in [-0.25, -0.2) is 0 Å². The van der Waals surface area contributed by atoms with E-state index >= 15 is 0 Å². The molecule has 0 saturated carbocycles. The van der Waals surface area contributed by atoms with E-state index in [0.29, 0.717) is 23.5 Å². The second kappa shape index (κ2) is 8.17. The SMILES string of the molecule is CC[C@@H]1CCCCN1c1ccc2c(c1)CCCN2C(=O)c1n[nH]c2ccccc2c1=O. The van der Waals surface area contributed by atoms with Gasteiger partial charge < -0.3 is 9.80 Å². The van der Waals surface area contributed by atoms with Crippen LogP contribution in [0.3, 0.4) is 0 Å². The summed E-state index contributed by atoms with van der Waals surface area (Å²) in [7, 11) is 0. The van der Waals surface area contributed by atoms with Crippen LogP contribution in [0.4, 0.5) is 11.4 Å². The molecule has 6 nitrogen and oxygen atoms in total. The molecule has 1 atom stereocenters. The Labute approximate surface area is 181 Å². The molecule has 31 heavy (non-hydrogen) atoms. The van der Waals surface area contributed by atoms with Crippen LogP contribution in [0.1, 0.15) is 55.1 Å². The zero-order valence-corrected chi connectivity index (χ0v) is 17.9. The van der Waals surface area contributed by atoms with E-state index in [2.05, 4.69) is 40.2 Å². The summed E-state index contributed by atoms with van der Waals surface area (Å²) in [6.07, 6.45) is 6.75. The highest BCUT2D eigenvalue weighted by Gasteiger charge is 2.28. The van der Waals surface area contributed by atoms with Crippen molar-refractivity contribution in [2.75, 3.05) is 22.9 Å². The lowest BCUT2D eigenvalue weighted by Gasteiger charge is -2.38. The molecule has 0 unspecified atom stereocenters. The normalized spacial score (nSPS) is 18.8. The van der Waals surface area contributed by atoms with Gasteiger partial charge in [0.2, 0.25) is 5.43 Å². The van der Waals surface area contributed by atoms with Gasteiger partial charge in [0.25, 0.3) is 5.91 Å². The molecule has 1 amide bonds. The number of carbonyl (C=O) groups is 1. The van der Waals surface area contributed by atoms with Crippen molar-refractivity contribution in [2.24, 2.45) is 0 Å². The zero-order valence-electron chi connectivity index (χ0n) is 17.9. The topological polar surface area (TPSA) is 69.3 Å². The van der Waals surface area contributed by atoms with Crippen molar-refractivity contribution in [1.82, 2.24) is 10.2 Å². The summed E-state index contributed by atoms with van der Waals surface area (Å²) < 4.78 is 0. The minimum Gasteiger partial charge on any atom is -0.369 e. The van der Waals surface area contributed by atoms with Gasteiger partial charge in [0.15, 0.2) is 5.69 Å². The maximum atomic E-state index is 13.3. The Morgan fingerprint density at radius 2 is 2.00 bits per heavy atom. The zero-order chi connectivity index (χ0) is 21.4. The number of aryl methyl sites for hydroxylation is 1. The Morgan fingerprint density at radius 3 is 2.87 bits per heavy atom. The summed E-state index contributed by atoms with van der Waals surface area (Å²) in [5, 5.41) is 7.48. The largest absolute Gasteiger partial charge is 0.369 e. The van der Waals surface area contributed by atoms with Gasteiger partial charge in [0.1, 0.15) is 0 Å². The highest BCUT2D eigenvalue weighted by atomic mass is 16.2. The molecule has 1 aromatic heterocycles. The predicted octanol–water partition coefficient (Wildman–Crippen LogP) is 4.29. The maximum Gasteiger partial charge on any atom is 0.282 e. The molecule has 2 aliphatic heterocycles. The Bertz CT molecular complexity index is 1190. The quantitative estimate of drug-likeness (QED) is 0.692. The van der Waals surface area contributed by atoms with E-state index in [-0.39, 0.29) is 17.0 Å². The first-order valence-electron chi connectivity index (χ1n) is 11.4. The van der Waals surface area contributed by atoms with E-state index in [1.807, 2.05) is 6.07 Å². The number of nitrogens with zero attached hydrogens (tertiary/aromatic N) is 3. The molecular weight excluding hydrogens is 388 g/mol. The lowest BCUT2D eigenvalue weighted by Crippen LogP contribution is -2.40. The summed E-state index contributed by atoms with van der Waals surface area (Å²) in [6, 6.07) is 14.2. The fourth-order valence-corrected chi connectivity index (χ4v) is 5.08. The molecule has 0 radical (unpaired) electrons. The van der Waals surface area contributed by atoms with Gasteiger partial charge in [-0.05, 0) is 74.4 Å². The summed E-state index contributed by atoms with van der Waals surface area (Å²) in [5.74, 6) is -0.329. The number of benzene rings is 2. The average Bonchev–Trinajstić information content (AvgIpc) is 2.83. The molecule has 1 fully saturated rings. The molecule has 3 heterocycles. The van der Waals surface area contributed by atoms with E-state index in [1.54, 1.807) is 23.1 Å². The highest BCUT2D eigenvalue weighted by molar-refractivity contribution is 6.06. The Kier molecular flexibility index (Phi) is 5.22. The number of piperidine rings is 1. The average molecular weight is 417 g/mol. The first kappa shape index (κ1) is 19.8. The number of carbonyl (C=O) groups excluding carboxylic acids is 1. The van der Waals surface area contributed by atoms with Crippen molar-refractivity contribution in [3.05, 3.63) is 63.9 Å². The van der Waals surface area contributed by atoms with Crippen LogP contribution in [0.5, 0.6) is 0 Å². The number of hydrogen-bond donors (Lipinski definition) is 1. The number of aromatic amines is 1. The predicted molar refractivity (Wildman–Crippen MR) is 124 cm³/mol. The van der Waals surface area contributed by atoms with E-state index < -0.39 is 0 Å². The van der Waals surface area contributed by atoms with Gasteiger partial charge in [-0.2, -0.15) is 5.10 Å². The number of aromatic nitrogens is 2. The second-order valence-corrected chi connectivity index (χ2v) is 8.57. The summed E-state index contributed by atoms with van der Waals surface area (Å²) >= 11 is 0. The van der Waals surface area contributed by atoms with Crippen molar-refractivity contribution in [3.63, 3.8) is 0 Å². The van der Waals surface area contributed by atoms with Crippen LogP contribution < -0.4 is 15.2 Å². The van der Waals surface area contributed by atoms with Crippen molar-refractivity contribution in [3.8, 4) is 0 Å². The van der Waals surface area contributed by atoms with Crippen LogP contribution in [0.2, 0.25) is 0 Å². The summed E-state index contributed by atoms with van der Waals surface area (Å²) in [5.41, 5.74) is 3.61. The van der Waals surface area contributed by atoms with E-state index in [1.165, 1.54) is 30.5 Å². The molecule has 6 heteroatoms. The minimum atomic E-state index is -0.329. The van der Waals surface area contributed by atoms with Crippen LogP contribution in [0.25, 0.3) is 10.9 Å². The van der Waals surface area contributed by atoms with Gasteiger partial charge in [-0.3, -0.25) is 14.7 Å². The van der Waals surface area contributed by atoms with Crippen LogP contribution in [-0.2, 0) is 6.42 Å². The molecule has 1 saturated heterocycles. The van der Waals surface area contributed by atoms with Crippen LogP contribution in [0.15, 0.2) is 47.3 Å². The van der Waals surface area contributed by atoms with Gasteiger partial charge in [0, 0.05) is 35.9 Å². The monoisotopic (exact) mass is 416 g/mol. The smallest absolute Gasteiger partial charge is 0.282 e. The standard InChI is InChI=1S/C25H28N4O2/c1-2-18-9-5-6-14-28(18)19-12-13-22-17(16-19)8-7-15-29(22)25(31)23-24(30)20-10-3-4-11-21(20)26-27-23/h3-4,10-13,16,18H,2,5-9,14-15H2,1H3,(H,26,30)/t18-/m1/s1. The van der Waals surface area contributed by atoms with Gasteiger partial charge in [0.05, 0.1) is 5.52 Å². The van der Waals surface area contributed by atoms with Gasteiger partial charge in [-0.15, -0.1) is 0 Å². The Balaban J connectivity index is 1.49. The Morgan fingerprint density at radius 1 is 1.13 bits per heavy atom. The van der Waals surface area contributed by atoms with Crippen LogP contribution in [-0.4, -0.2) is 35.2 Å². The molecule has 0 bridgehead atoms. The molecular formula is C25H28N4O2. The third-order valence-electron chi connectivity index (χ3n) is 6.73. The van der Waals surface area contributed by atoms with Crippen molar-refractivity contribution >= 4 is 28.2 Å². The molecule has 5 rings (SSSR count). The summed E-state index contributed by atoms with van der Waals surface area (Å²) in [4.78, 5) is 30.5. The molecule has 0 aliphatic carbocycles. The van der Waals surface area contributed by atoms with Crippen molar-refractivity contribution in [2.45, 2.75) is 51.5 Å². The number of anilines is 2. The third kappa shape index (κ3) is 3.50. The third-order valence-corrected chi connectivity index (χ3v) is 6.73. The number of para-hydroxylation sites is 1. The number of amides is 1. The highest BCUT2D eigenvalue weighted by Crippen LogP contribution is 2.34. The van der Waals surface area contributed by atoms with E-state index in [0.717, 1.165) is 31.5 Å². The van der Waals surface area contributed by atoms with Crippen molar-refractivity contribution in [1.29, 1.82) is 0 Å². The molecule has 160 valence electrons. The van der Waals surface area contributed by atoms with Crippen LogP contribution >= 0.6 is 0 Å². The van der Waals surface area contributed by atoms with Gasteiger partial charge >= 0.3 is 0 Å². The summed E-state index contributed by atoms with van der Waals surface area (Å²) in [6.45, 7) is 3.95.